The summed E-state index contributed by atoms with van der Waals surface area (Å²) in [7, 11) is 1.32. The molecule has 14 nitrogen and oxygen atoms in total. The lowest BCUT2D eigenvalue weighted by molar-refractivity contribution is -0.142. The molecule has 3 amide bonds. The molecule has 3 aromatic carbocycles. The Labute approximate surface area is 392 Å². The summed E-state index contributed by atoms with van der Waals surface area (Å²) < 4.78 is 7.03. The van der Waals surface area contributed by atoms with Crippen LogP contribution in [0, 0.1) is 33.1 Å². The third-order valence-electron chi connectivity index (χ3n) is 12.5. The van der Waals surface area contributed by atoms with Crippen molar-refractivity contribution in [3.8, 4) is 26.6 Å². The molecule has 0 saturated carbocycles. The topological polar surface area (TPSA) is 181 Å². The molecule has 1 saturated heterocycles. The smallest absolute Gasteiger partial charge is 0.308 e. The normalized spacial score (nSPS) is 17.8. The summed E-state index contributed by atoms with van der Waals surface area (Å²) in [6, 6.07) is 19.9. The maximum Gasteiger partial charge on any atom is 0.308 e. The molecule has 0 spiro atoms. The number of thiophene rings is 1. The van der Waals surface area contributed by atoms with Gasteiger partial charge >= 0.3 is 5.97 Å². The predicted octanol–water partition coefficient (Wildman–Crippen LogP) is 7.79. The number of ether oxygens (including phenoxy) is 1. The van der Waals surface area contributed by atoms with Crippen LogP contribution in [0.3, 0.4) is 0 Å². The fourth-order valence-electron chi connectivity index (χ4n) is 8.72. The van der Waals surface area contributed by atoms with Crippen LogP contribution in [0.1, 0.15) is 107 Å². The number of esters is 1. The van der Waals surface area contributed by atoms with Gasteiger partial charge in [-0.1, -0.05) is 87.5 Å². The van der Waals surface area contributed by atoms with Crippen molar-refractivity contribution in [1.82, 2.24) is 35.3 Å². The molecular weight excluding hydrogens is 873 g/mol. The van der Waals surface area contributed by atoms with E-state index in [2.05, 4.69) is 25.8 Å². The number of aromatic nitrogens is 4. The SMILES string of the molecule is COC(=O)C[C@@H]1N=C(c2ccc(-c3ccccc3)cc2C(=O)N[C@H](C(=O)N2C[C@H](O)C[C@H]2C(=O)N[C@@H](C)c2ccc(-c3scnc3C)cc2)C(C)(C)C)c2c(sc(C)c2C)-n2c(C)nnc21. The van der Waals surface area contributed by atoms with E-state index in [4.69, 9.17) is 9.73 Å². The second-order valence-electron chi connectivity index (χ2n) is 18.1. The molecule has 5 atom stereocenters. The van der Waals surface area contributed by atoms with Gasteiger partial charge < -0.3 is 25.4 Å². The van der Waals surface area contributed by atoms with E-state index in [0.29, 0.717) is 22.9 Å². The van der Waals surface area contributed by atoms with E-state index in [9.17, 15) is 19.5 Å². The maximum atomic E-state index is 15.2. The molecule has 3 N–H and O–H groups in total. The molecule has 3 aromatic heterocycles. The molecular formula is C50H54N8O6S2. The Bertz CT molecular complexity index is 2860. The van der Waals surface area contributed by atoms with Crippen molar-refractivity contribution in [3.05, 3.63) is 128 Å². The second kappa shape index (κ2) is 18.5. The molecule has 1 fully saturated rings. The fourth-order valence-corrected chi connectivity index (χ4v) is 10.7. The summed E-state index contributed by atoms with van der Waals surface area (Å²) in [6.45, 7) is 15.2. The van der Waals surface area contributed by atoms with Crippen LogP contribution in [0.2, 0.25) is 0 Å². The van der Waals surface area contributed by atoms with Crippen molar-refractivity contribution in [3.63, 3.8) is 0 Å². The highest BCUT2D eigenvalue weighted by Crippen LogP contribution is 2.41. The van der Waals surface area contributed by atoms with Gasteiger partial charge in [-0.2, -0.15) is 0 Å². The highest BCUT2D eigenvalue weighted by Gasteiger charge is 2.45. The van der Waals surface area contributed by atoms with E-state index < -0.39 is 59.4 Å². The van der Waals surface area contributed by atoms with Gasteiger partial charge in [-0.05, 0) is 73.9 Å². The van der Waals surface area contributed by atoms with E-state index in [1.807, 2.05) is 132 Å². The molecule has 0 bridgehead atoms. The summed E-state index contributed by atoms with van der Waals surface area (Å²) in [5.74, 6) is -0.825. The minimum atomic E-state index is -1.12. The Morgan fingerprint density at radius 1 is 0.924 bits per heavy atom. The number of carbonyl (C=O) groups excluding carboxylic acids is 4. The predicted molar refractivity (Wildman–Crippen MR) is 256 cm³/mol. The van der Waals surface area contributed by atoms with Crippen LogP contribution >= 0.6 is 22.7 Å². The number of fused-ring (bicyclic) bond motifs is 3. The Morgan fingerprint density at radius 2 is 1.64 bits per heavy atom. The van der Waals surface area contributed by atoms with Gasteiger partial charge in [-0.15, -0.1) is 32.9 Å². The lowest BCUT2D eigenvalue weighted by atomic mass is 9.85. The largest absolute Gasteiger partial charge is 0.469 e. The van der Waals surface area contributed by atoms with Crippen LogP contribution < -0.4 is 10.6 Å². The Hall–Kier alpha value is -6.36. The average molecular weight is 927 g/mol. The number of hydrogen-bond acceptors (Lipinski definition) is 12. The van der Waals surface area contributed by atoms with Crippen molar-refractivity contribution in [2.45, 2.75) is 98.5 Å². The number of amides is 3. The van der Waals surface area contributed by atoms with Gasteiger partial charge in [-0.25, -0.2) is 4.98 Å². The molecule has 6 aromatic rings. The highest BCUT2D eigenvalue weighted by atomic mass is 32.1. The number of aryl methyl sites for hydroxylation is 3. The van der Waals surface area contributed by atoms with Crippen molar-refractivity contribution in [1.29, 1.82) is 0 Å². The number of benzene rings is 3. The van der Waals surface area contributed by atoms with Crippen molar-refractivity contribution >= 4 is 52.1 Å². The first-order valence-electron chi connectivity index (χ1n) is 21.9. The number of aliphatic hydroxyl groups excluding tert-OH is 1. The monoisotopic (exact) mass is 926 g/mol. The first-order valence-corrected chi connectivity index (χ1v) is 23.6. The van der Waals surface area contributed by atoms with Crippen LogP contribution in [-0.2, 0) is 19.1 Å². The molecule has 342 valence electrons. The van der Waals surface area contributed by atoms with Gasteiger partial charge in [0.1, 0.15) is 29.0 Å². The molecule has 5 heterocycles. The number of β-amino-alcohol motifs (C(OH)–C–C–N with tert-alkyl or cyclic N) is 1. The minimum absolute atomic E-state index is 0.0444. The molecule has 2 aliphatic heterocycles. The zero-order valence-corrected chi connectivity index (χ0v) is 40.1. The van der Waals surface area contributed by atoms with Crippen LogP contribution in [0.15, 0.2) is 83.3 Å². The lowest BCUT2D eigenvalue weighted by Crippen LogP contribution is -2.58. The summed E-state index contributed by atoms with van der Waals surface area (Å²) in [6.07, 6.45) is -1.02. The lowest BCUT2D eigenvalue weighted by Gasteiger charge is -2.35. The molecule has 8 rings (SSSR count). The number of carbonyl (C=O) groups is 4. The number of aliphatic hydroxyl groups is 1. The first kappa shape index (κ1) is 46.2. The molecule has 2 aliphatic rings. The average Bonchev–Trinajstić information content (AvgIpc) is 4.07. The van der Waals surface area contributed by atoms with E-state index >= 15 is 4.79 Å². The Balaban J connectivity index is 1.14. The fraction of sp³-hybridized carbons (Fsp3) is 0.360. The van der Waals surface area contributed by atoms with Crippen molar-refractivity contribution < 1.29 is 29.0 Å². The van der Waals surface area contributed by atoms with Gasteiger partial charge in [0, 0.05) is 34.5 Å². The molecule has 0 radical (unpaired) electrons. The zero-order chi connectivity index (χ0) is 47.2. The van der Waals surface area contributed by atoms with Crippen LogP contribution in [-0.4, -0.2) is 91.0 Å². The number of rotatable bonds is 11. The number of likely N-dealkylation sites (tertiary alicyclic amines) is 1. The molecule has 16 heteroatoms. The van der Waals surface area contributed by atoms with E-state index in [1.54, 1.807) is 28.7 Å². The number of hydrogen-bond donors (Lipinski definition) is 3. The Morgan fingerprint density at radius 3 is 2.30 bits per heavy atom. The number of methoxy groups -OCH3 is 1. The summed E-state index contributed by atoms with van der Waals surface area (Å²) in [5, 5.41) is 26.8. The number of thiazole rings is 1. The van der Waals surface area contributed by atoms with E-state index in [1.165, 1.54) is 12.0 Å². The summed E-state index contributed by atoms with van der Waals surface area (Å²) in [5.41, 5.74) is 8.41. The quantitative estimate of drug-likeness (QED) is 0.109. The molecule has 0 unspecified atom stereocenters. The zero-order valence-electron chi connectivity index (χ0n) is 38.5. The maximum absolute atomic E-state index is 15.2. The summed E-state index contributed by atoms with van der Waals surface area (Å²) in [4.78, 5) is 70.3. The number of aliphatic imine (C=N–C) groups is 1. The van der Waals surface area contributed by atoms with Gasteiger partial charge in [0.05, 0.1) is 47.5 Å². The highest BCUT2D eigenvalue weighted by molar-refractivity contribution is 7.15. The van der Waals surface area contributed by atoms with Gasteiger partial charge in [0.15, 0.2) is 5.82 Å². The van der Waals surface area contributed by atoms with Gasteiger partial charge in [0.25, 0.3) is 5.91 Å². The second-order valence-corrected chi connectivity index (χ2v) is 20.1. The number of nitrogens with zero attached hydrogens (tertiary/aromatic N) is 6. The molecule has 66 heavy (non-hydrogen) atoms. The summed E-state index contributed by atoms with van der Waals surface area (Å²) >= 11 is 3.12. The van der Waals surface area contributed by atoms with Crippen LogP contribution in [0.5, 0.6) is 0 Å². The van der Waals surface area contributed by atoms with E-state index in [-0.39, 0.29) is 24.9 Å². The third kappa shape index (κ3) is 8.96. The Kier molecular flexibility index (Phi) is 12.9. The third-order valence-corrected chi connectivity index (χ3v) is 14.7. The standard InChI is InChI=1S/C50H54N8O6S2/c1-26-29(4)66-49-41(26)42(53-38(23-40(60)64-9)45-56-55-30(5)58(45)49)36-20-19-34(32-13-11-10-12-14-32)21-37(36)46(61)54-44(50(6,7)8)48(63)57-24-35(59)22-39(57)47(62)52-27(2)31-15-17-33(18-16-31)43-28(3)51-25-65-43/h10-21,25,27,35,38-39,44,59H,22-24H2,1-9H3,(H,52,62)(H,54,61)/t27-,35+,38-,39-,44+/m0/s1. The van der Waals surface area contributed by atoms with Gasteiger partial charge in [-0.3, -0.25) is 28.7 Å². The minimum Gasteiger partial charge on any atom is -0.469 e. The van der Waals surface area contributed by atoms with Crippen LogP contribution in [0.4, 0.5) is 0 Å². The number of nitrogens with one attached hydrogen (secondary N) is 2. The van der Waals surface area contributed by atoms with Crippen molar-refractivity contribution in [2.75, 3.05) is 13.7 Å². The van der Waals surface area contributed by atoms with E-state index in [0.717, 1.165) is 53.8 Å². The van der Waals surface area contributed by atoms with Crippen LogP contribution in [0.25, 0.3) is 26.6 Å². The van der Waals surface area contributed by atoms with Gasteiger partial charge in [0.2, 0.25) is 11.8 Å². The van der Waals surface area contributed by atoms with Crippen molar-refractivity contribution in [2.24, 2.45) is 10.4 Å². The first-order chi connectivity index (χ1) is 31.4. The molecule has 0 aliphatic carbocycles.